The van der Waals surface area contributed by atoms with Gasteiger partial charge in [0.05, 0.1) is 0 Å². The molecule has 2 aliphatic carbocycles. The molecule has 1 nitrogen and oxygen atoms in total. The third-order valence-electron chi connectivity index (χ3n) is 6.98. The normalized spacial score (nSPS) is 19.8. The van der Waals surface area contributed by atoms with Gasteiger partial charge in [-0.05, 0) is 74.3 Å². The molecule has 5 rings (SSSR count). The molecule has 0 heterocycles. The average molecular weight is 603 g/mol. The van der Waals surface area contributed by atoms with E-state index in [2.05, 4.69) is 118 Å². The van der Waals surface area contributed by atoms with Crippen LogP contribution in [0.2, 0.25) is 19.6 Å². The van der Waals surface area contributed by atoms with Crippen molar-refractivity contribution in [2.24, 2.45) is 11.8 Å². The predicted molar refractivity (Wildman–Crippen MR) is 149 cm³/mol. The van der Waals surface area contributed by atoms with E-state index in [0.717, 1.165) is 6.42 Å². The van der Waals surface area contributed by atoms with Gasteiger partial charge in [-0.3, -0.25) is 0 Å². The highest BCUT2D eigenvalue weighted by atomic mass is 127. The molecule has 0 aromatic heterocycles. The maximum atomic E-state index is 6.90. The van der Waals surface area contributed by atoms with E-state index in [1.54, 1.807) is 19.3 Å². The molecule has 3 unspecified atom stereocenters. The minimum atomic E-state index is -1.95. The largest absolute Gasteiger partial charge is 1.00 e. The number of hydrogen-bond acceptors (Lipinski definition) is 1. The summed E-state index contributed by atoms with van der Waals surface area (Å²) < 4.78 is 6.90. The average Bonchev–Trinajstić information content (AvgIpc) is 3.44. The summed E-state index contributed by atoms with van der Waals surface area (Å²) in [6, 6.07) is 33.1. The summed E-state index contributed by atoms with van der Waals surface area (Å²) in [4.78, 5) is 0. The zero-order valence-corrected chi connectivity index (χ0v) is 25.2. The second-order valence-corrected chi connectivity index (χ2v) is 18.5. The van der Waals surface area contributed by atoms with Crippen molar-refractivity contribution < 1.29 is 28.4 Å². The molecule has 3 aromatic carbocycles. The molecule has 0 N–H and O–H groups in total. The zero-order valence-electron chi connectivity index (χ0n) is 21.2. The third kappa shape index (κ3) is 6.40. The number of hydrogen-bond donors (Lipinski definition) is 0. The van der Waals surface area contributed by atoms with E-state index in [1.165, 1.54) is 34.2 Å². The Bertz CT molecular complexity index is 886. The van der Waals surface area contributed by atoms with Crippen molar-refractivity contribution in [1.29, 1.82) is 0 Å². The minimum Gasteiger partial charge on any atom is -1.00 e. The van der Waals surface area contributed by atoms with Crippen LogP contribution in [0.5, 0.6) is 0 Å². The Hall–Kier alpha value is -1.00. The molecular formula is C30H40IOPSi. The summed E-state index contributed by atoms with van der Waals surface area (Å²) in [5.41, 5.74) is 0. The molecule has 4 heteroatoms. The molecule has 34 heavy (non-hydrogen) atoms. The summed E-state index contributed by atoms with van der Waals surface area (Å²) in [5, 5.41) is 4.19. The first-order chi connectivity index (χ1) is 15.9. The molecule has 2 saturated carbocycles. The predicted octanol–water partition coefficient (Wildman–Crippen LogP) is 4.38. The lowest BCUT2D eigenvalue weighted by atomic mass is 10.3. The van der Waals surface area contributed by atoms with Gasteiger partial charge in [-0.1, -0.05) is 80.8 Å². The topological polar surface area (TPSA) is 9.23 Å². The van der Waals surface area contributed by atoms with E-state index in [4.69, 9.17) is 4.43 Å². The maximum Gasteiger partial charge on any atom is 0.188 e. The molecule has 2 aliphatic rings. The Kier molecular flexibility index (Phi) is 9.98. The maximum absolute atomic E-state index is 6.90. The van der Waals surface area contributed by atoms with Gasteiger partial charge in [0.15, 0.2) is 14.2 Å². The summed E-state index contributed by atoms with van der Waals surface area (Å²) in [7, 11) is -3.67. The highest BCUT2D eigenvalue weighted by molar-refractivity contribution is 7.96. The van der Waals surface area contributed by atoms with Crippen LogP contribution in [0.15, 0.2) is 91.0 Å². The zero-order chi connectivity index (χ0) is 23.3. The first kappa shape index (κ1) is 27.6. The van der Waals surface area contributed by atoms with E-state index < -0.39 is 15.6 Å². The molecule has 0 radical (unpaired) electrons. The lowest BCUT2D eigenvalue weighted by molar-refractivity contribution is -0.00000802. The fraction of sp³-hybridized carbons (Fsp3) is 0.400. The molecule has 0 saturated heterocycles. The summed E-state index contributed by atoms with van der Waals surface area (Å²) >= 11 is 0. The molecule has 3 atom stereocenters. The molecular weight excluding hydrogens is 562 g/mol. The van der Waals surface area contributed by atoms with Crippen LogP contribution in [-0.2, 0) is 4.43 Å². The number of fused-ring (bicyclic) bond motifs is 1. The van der Waals surface area contributed by atoms with Crippen LogP contribution >= 0.6 is 7.26 Å². The summed E-state index contributed by atoms with van der Waals surface area (Å²) in [6.07, 6.45) is 7.24. The van der Waals surface area contributed by atoms with Gasteiger partial charge in [-0.15, -0.1) is 0 Å². The van der Waals surface area contributed by atoms with Crippen LogP contribution < -0.4 is 39.9 Å². The van der Waals surface area contributed by atoms with Gasteiger partial charge >= 0.3 is 0 Å². The molecule has 0 aliphatic heterocycles. The second-order valence-electron chi connectivity index (χ2n) is 10.5. The Balaban J connectivity index is 0.000000395. The fourth-order valence-corrected chi connectivity index (χ4v) is 12.4. The summed E-state index contributed by atoms with van der Waals surface area (Å²) in [6.45, 7) is 9.16. The van der Waals surface area contributed by atoms with Gasteiger partial charge in [-0.25, -0.2) is 0 Å². The SMILES string of the molecule is C1CC2CC2C1.CCC(O[Si](C)(C)C)[P+](c1ccccc1)(c1ccccc1)c1ccccc1.[I-]. The summed E-state index contributed by atoms with van der Waals surface area (Å²) in [5.74, 6) is 2.60. The first-order valence-corrected chi connectivity index (χ1v) is 17.9. The standard InChI is InChI=1S/C24H30OPSi.C6H10.HI/c1-5-24(25-27(2,3)4)26(21-15-9-6-10-16-21,22-17-11-7-12-18-22)23-19-13-8-14-20-23;1-2-5-4-6(5)3-1;/h6-20,24H,5H2,1-4H3;5-6H,1-4H2;1H/q+1;;/p-1. The second kappa shape index (κ2) is 12.3. The van der Waals surface area contributed by atoms with Gasteiger partial charge in [-0.2, -0.15) is 0 Å². The van der Waals surface area contributed by atoms with Crippen LogP contribution in [-0.4, -0.2) is 14.2 Å². The minimum absolute atomic E-state index is 0. The smallest absolute Gasteiger partial charge is 0.188 e. The molecule has 0 amide bonds. The first-order valence-electron chi connectivity index (χ1n) is 12.7. The van der Waals surface area contributed by atoms with Gasteiger partial charge in [0.2, 0.25) is 0 Å². The molecule has 3 aromatic rings. The number of benzene rings is 3. The highest BCUT2D eigenvalue weighted by Gasteiger charge is 2.53. The van der Waals surface area contributed by atoms with E-state index in [9.17, 15) is 0 Å². The molecule has 2 fully saturated rings. The molecule has 0 bridgehead atoms. The van der Waals surface area contributed by atoms with Crippen molar-refractivity contribution in [3.05, 3.63) is 91.0 Å². The van der Waals surface area contributed by atoms with Gasteiger partial charge in [0, 0.05) is 6.42 Å². The van der Waals surface area contributed by atoms with Crippen molar-refractivity contribution in [3.8, 4) is 0 Å². The highest BCUT2D eigenvalue weighted by Crippen LogP contribution is 2.61. The van der Waals surface area contributed by atoms with Crippen molar-refractivity contribution in [2.45, 2.75) is 64.5 Å². The molecule has 182 valence electrons. The Morgan fingerprint density at radius 3 is 1.35 bits per heavy atom. The van der Waals surface area contributed by atoms with E-state index in [0.29, 0.717) is 0 Å². The van der Waals surface area contributed by atoms with Gasteiger partial charge < -0.3 is 28.4 Å². The van der Waals surface area contributed by atoms with Crippen molar-refractivity contribution in [3.63, 3.8) is 0 Å². The van der Waals surface area contributed by atoms with E-state index in [-0.39, 0.29) is 29.8 Å². The van der Waals surface area contributed by atoms with Crippen molar-refractivity contribution in [2.75, 3.05) is 0 Å². The van der Waals surface area contributed by atoms with E-state index >= 15 is 0 Å². The quantitative estimate of drug-likeness (QED) is 0.222. The van der Waals surface area contributed by atoms with Gasteiger partial charge in [0.25, 0.3) is 0 Å². The van der Waals surface area contributed by atoms with Gasteiger partial charge in [0.1, 0.15) is 23.2 Å². The Labute approximate surface area is 226 Å². The van der Waals surface area contributed by atoms with E-state index in [1.807, 2.05) is 0 Å². The lowest BCUT2D eigenvalue weighted by Gasteiger charge is -2.37. The number of rotatable bonds is 7. The van der Waals surface area contributed by atoms with Crippen molar-refractivity contribution in [1.82, 2.24) is 0 Å². The van der Waals surface area contributed by atoms with Crippen LogP contribution in [0.25, 0.3) is 0 Å². The van der Waals surface area contributed by atoms with Crippen LogP contribution in [0.4, 0.5) is 0 Å². The van der Waals surface area contributed by atoms with Crippen LogP contribution in [0, 0.1) is 11.8 Å². The Morgan fingerprint density at radius 1 is 0.735 bits per heavy atom. The fourth-order valence-electron chi connectivity index (χ4n) is 5.44. The number of halogens is 1. The Morgan fingerprint density at radius 2 is 1.12 bits per heavy atom. The van der Waals surface area contributed by atoms with Crippen LogP contribution in [0.1, 0.15) is 39.0 Å². The lowest BCUT2D eigenvalue weighted by Crippen LogP contribution is -3.00. The van der Waals surface area contributed by atoms with Crippen molar-refractivity contribution >= 4 is 31.5 Å². The third-order valence-corrected chi connectivity index (χ3v) is 12.8. The monoisotopic (exact) mass is 602 g/mol. The van der Waals surface area contributed by atoms with Crippen LogP contribution in [0.3, 0.4) is 0 Å². The molecule has 0 spiro atoms.